The number of carbonyl (C=O) groups is 1. The molecule has 2 N–H and O–H groups in total. The van der Waals surface area contributed by atoms with Crippen molar-refractivity contribution in [1.82, 2.24) is 0 Å². The fourth-order valence-corrected chi connectivity index (χ4v) is 1.50. The normalized spacial score (nSPS) is 17.3. The molecular formula is C12H25NO2. The Morgan fingerprint density at radius 1 is 1.40 bits per heavy atom. The van der Waals surface area contributed by atoms with Gasteiger partial charge in [-0.15, -0.1) is 0 Å². The van der Waals surface area contributed by atoms with Gasteiger partial charge in [0.15, 0.2) is 0 Å². The third-order valence-corrected chi connectivity index (χ3v) is 3.17. The lowest BCUT2D eigenvalue weighted by Gasteiger charge is -2.33. The van der Waals surface area contributed by atoms with Crippen molar-refractivity contribution in [1.29, 1.82) is 0 Å². The first kappa shape index (κ1) is 14.4. The molecule has 0 heterocycles. The zero-order chi connectivity index (χ0) is 12.1. The monoisotopic (exact) mass is 215 g/mol. The molecule has 0 bridgehead atoms. The molecule has 0 spiro atoms. The molecule has 0 saturated heterocycles. The van der Waals surface area contributed by atoms with Crippen LogP contribution in [0.5, 0.6) is 0 Å². The van der Waals surface area contributed by atoms with Crippen LogP contribution < -0.4 is 5.73 Å². The van der Waals surface area contributed by atoms with E-state index < -0.39 is 0 Å². The first-order valence-electron chi connectivity index (χ1n) is 5.64. The second-order valence-electron chi connectivity index (χ2n) is 5.13. The van der Waals surface area contributed by atoms with Crippen LogP contribution in [-0.4, -0.2) is 19.1 Å². The van der Waals surface area contributed by atoms with Crippen LogP contribution in [-0.2, 0) is 9.53 Å². The van der Waals surface area contributed by atoms with Crippen molar-refractivity contribution in [3.63, 3.8) is 0 Å². The number of hydrogen-bond donors (Lipinski definition) is 1. The molecule has 0 fully saturated rings. The fraction of sp³-hybridized carbons (Fsp3) is 0.917. The number of rotatable bonds is 6. The minimum atomic E-state index is -0.168. The van der Waals surface area contributed by atoms with Crippen LogP contribution in [0.15, 0.2) is 0 Å². The van der Waals surface area contributed by atoms with E-state index in [9.17, 15) is 4.79 Å². The van der Waals surface area contributed by atoms with Gasteiger partial charge < -0.3 is 10.5 Å². The molecule has 0 radical (unpaired) electrons. The molecule has 2 atom stereocenters. The van der Waals surface area contributed by atoms with Crippen molar-refractivity contribution in [3.05, 3.63) is 0 Å². The molecular weight excluding hydrogens is 190 g/mol. The molecule has 0 aromatic carbocycles. The van der Waals surface area contributed by atoms with Crippen LogP contribution in [0.2, 0.25) is 0 Å². The van der Waals surface area contributed by atoms with E-state index >= 15 is 0 Å². The predicted molar refractivity (Wildman–Crippen MR) is 62.5 cm³/mol. The van der Waals surface area contributed by atoms with Gasteiger partial charge in [-0.3, -0.25) is 4.79 Å². The van der Waals surface area contributed by atoms with Crippen molar-refractivity contribution in [2.24, 2.45) is 17.1 Å². The largest absolute Gasteiger partial charge is 0.469 e. The quantitative estimate of drug-likeness (QED) is 0.692. The molecule has 0 aromatic heterocycles. The Bertz CT molecular complexity index is 202. The molecule has 0 aromatic rings. The Balaban J connectivity index is 4.38. The number of carbonyl (C=O) groups excluding carboxylic acids is 1. The molecule has 0 saturated carbocycles. The first-order valence-corrected chi connectivity index (χ1v) is 5.64. The van der Waals surface area contributed by atoms with E-state index in [0.29, 0.717) is 12.3 Å². The van der Waals surface area contributed by atoms with E-state index in [1.807, 2.05) is 6.92 Å². The standard InChI is InChI=1S/C12H25NO2/c1-9(2)6-7-12(4,10(3)13)8-11(14)15-5/h9-10H,6-8,13H2,1-5H3. The summed E-state index contributed by atoms with van der Waals surface area (Å²) in [4.78, 5) is 11.3. The lowest BCUT2D eigenvalue weighted by atomic mass is 9.75. The van der Waals surface area contributed by atoms with Crippen LogP contribution in [0.4, 0.5) is 0 Å². The van der Waals surface area contributed by atoms with Gasteiger partial charge in [0, 0.05) is 6.04 Å². The zero-order valence-electron chi connectivity index (χ0n) is 10.7. The second kappa shape index (κ2) is 6.11. The van der Waals surface area contributed by atoms with Crippen LogP contribution in [0.3, 0.4) is 0 Å². The highest BCUT2D eigenvalue weighted by Crippen LogP contribution is 2.32. The van der Waals surface area contributed by atoms with E-state index in [2.05, 4.69) is 20.8 Å². The zero-order valence-corrected chi connectivity index (χ0v) is 10.7. The van der Waals surface area contributed by atoms with Gasteiger partial charge in [-0.05, 0) is 24.7 Å². The summed E-state index contributed by atoms with van der Waals surface area (Å²) < 4.78 is 4.71. The van der Waals surface area contributed by atoms with Gasteiger partial charge in [-0.25, -0.2) is 0 Å². The Morgan fingerprint density at radius 3 is 2.27 bits per heavy atom. The average molecular weight is 215 g/mol. The Morgan fingerprint density at radius 2 is 1.93 bits per heavy atom. The van der Waals surface area contributed by atoms with E-state index in [1.54, 1.807) is 0 Å². The minimum absolute atomic E-state index is 0.00958. The van der Waals surface area contributed by atoms with Crippen LogP contribution >= 0.6 is 0 Å². The Labute approximate surface area is 93.4 Å². The molecule has 0 aliphatic heterocycles. The highest BCUT2D eigenvalue weighted by atomic mass is 16.5. The number of ether oxygens (including phenoxy) is 1. The van der Waals surface area contributed by atoms with E-state index in [0.717, 1.165) is 12.8 Å². The van der Waals surface area contributed by atoms with Gasteiger partial charge in [0.05, 0.1) is 13.5 Å². The number of esters is 1. The van der Waals surface area contributed by atoms with E-state index in [4.69, 9.17) is 10.5 Å². The molecule has 0 rings (SSSR count). The van der Waals surface area contributed by atoms with E-state index in [-0.39, 0.29) is 17.4 Å². The van der Waals surface area contributed by atoms with Crippen LogP contribution in [0.25, 0.3) is 0 Å². The first-order chi connectivity index (χ1) is 6.81. The van der Waals surface area contributed by atoms with Crippen LogP contribution in [0, 0.1) is 11.3 Å². The van der Waals surface area contributed by atoms with Crippen molar-refractivity contribution in [2.75, 3.05) is 7.11 Å². The highest BCUT2D eigenvalue weighted by molar-refractivity contribution is 5.70. The second-order valence-corrected chi connectivity index (χ2v) is 5.13. The molecule has 3 nitrogen and oxygen atoms in total. The van der Waals surface area contributed by atoms with Gasteiger partial charge >= 0.3 is 5.97 Å². The summed E-state index contributed by atoms with van der Waals surface area (Å²) in [6.45, 7) is 8.39. The summed E-state index contributed by atoms with van der Waals surface area (Å²) in [5.74, 6) is 0.472. The van der Waals surface area contributed by atoms with Gasteiger partial charge in [-0.2, -0.15) is 0 Å². The molecule has 0 amide bonds. The molecule has 15 heavy (non-hydrogen) atoms. The fourth-order valence-electron chi connectivity index (χ4n) is 1.50. The highest BCUT2D eigenvalue weighted by Gasteiger charge is 2.31. The van der Waals surface area contributed by atoms with Crippen molar-refractivity contribution >= 4 is 5.97 Å². The van der Waals surface area contributed by atoms with Gasteiger partial charge in [0.1, 0.15) is 0 Å². The topological polar surface area (TPSA) is 52.3 Å². The predicted octanol–water partition coefficient (Wildman–Crippen LogP) is 2.34. The summed E-state index contributed by atoms with van der Waals surface area (Å²) in [5, 5.41) is 0. The van der Waals surface area contributed by atoms with Gasteiger partial charge in [0.2, 0.25) is 0 Å². The third-order valence-electron chi connectivity index (χ3n) is 3.17. The third kappa shape index (κ3) is 5.17. The maximum absolute atomic E-state index is 11.3. The molecule has 3 heteroatoms. The summed E-state index contributed by atoms with van der Waals surface area (Å²) in [6, 6.07) is 0.00958. The van der Waals surface area contributed by atoms with Gasteiger partial charge in [0.25, 0.3) is 0 Å². The Kier molecular flexibility index (Phi) is 5.88. The van der Waals surface area contributed by atoms with Gasteiger partial charge in [-0.1, -0.05) is 27.2 Å². The minimum Gasteiger partial charge on any atom is -0.469 e. The molecule has 0 aliphatic rings. The number of hydrogen-bond acceptors (Lipinski definition) is 3. The number of nitrogens with two attached hydrogens (primary N) is 1. The summed E-state index contributed by atoms with van der Waals surface area (Å²) >= 11 is 0. The number of methoxy groups -OCH3 is 1. The maximum atomic E-state index is 11.3. The Hall–Kier alpha value is -0.570. The average Bonchev–Trinajstić information content (AvgIpc) is 2.14. The SMILES string of the molecule is COC(=O)CC(C)(CCC(C)C)C(C)N. The lowest BCUT2D eigenvalue weighted by Crippen LogP contribution is -2.39. The summed E-state index contributed by atoms with van der Waals surface area (Å²) in [7, 11) is 1.42. The van der Waals surface area contributed by atoms with Crippen molar-refractivity contribution in [3.8, 4) is 0 Å². The maximum Gasteiger partial charge on any atom is 0.306 e. The smallest absolute Gasteiger partial charge is 0.306 e. The summed E-state index contributed by atoms with van der Waals surface area (Å²) in [5.41, 5.74) is 5.81. The summed E-state index contributed by atoms with van der Waals surface area (Å²) in [6.07, 6.45) is 2.47. The molecule has 0 aliphatic carbocycles. The molecule has 2 unspecified atom stereocenters. The molecule has 90 valence electrons. The van der Waals surface area contributed by atoms with E-state index in [1.165, 1.54) is 7.11 Å². The van der Waals surface area contributed by atoms with Crippen molar-refractivity contribution in [2.45, 2.75) is 53.0 Å². The van der Waals surface area contributed by atoms with Crippen molar-refractivity contribution < 1.29 is 9.53 Å². The van der Waals surface area contributed by atoms with Crippen LogP contribution in [0.1, 0.15) is 47.0 Å². The lowest BCUT2D eigenvalue weighted by molar-refractivity contribution is -0.143.